The van der Waals surface area contributed by atoms with Gasteiger partial charge in [-0.1, -0.05) is 0 Å². The topological polar surface area (TPSA) is 27.7 Å². The van der Waals surface area contributed by atoms with Gasteiger partial charge < -0.3 is 14.2 Å². The monoisotopic (exact) mass is 160 g/mol. The van der Waals surface area contributed by atoms with E-state index >= 15 is 0 Å². The van der Waals surface area contributed by atoms with Crippen LogP contribution in [0.1, 0.15) is 13.8 Å². The molecule has 0 heterocycles. The zero-order valence-corrected chi connectivity index (χ0v) is 7.26. The number of hydrogen-bond donors (Lipinski definition) is 0. The molecule has 0 rings (SSSR count). The lowest BCUT2D eigenvalue weighted by Gasteiger charge is -2.08. The highest BCUT2D eigenvalue weighted by Gasteiger charge is 1.92. The van der Waals surface area contributed by atoms with Crippen LogP contribution in [0, 0.1) is 0 Å². The Labute approximate surface area is 67.9 Å². The summed E-state index contributed by atoms with van der Waals surface area (Å²) in [6.07, 6.45) is 0. The van der Waals surface area contributed by atoms with Gasteiger partial charge in [0, 0.05) is 6.61 Å². The van der Waals surface area contributed by atoms with Crippen LogP contribution >= 0.6 is 0 Å². The molecule has 0 fully saturated rings. The van der Waals surface area contributed by atoms with Gasteiger partial charge in [0.1, 0.15) is 6.61 Å². The molecule has 11 heavy (non-hydrogen) atoms. The molecule has 0 bridgehead atoms. The van der Waals surface area contributed by atoms with Crippen molar-refractivity contribution in [3.63, 3.8) is 0 Å². The Hall–Kier alpha value is -0.700. The molecule has 0 amide bonds. The molecule has 0 aromatic heterocycles. The zero-order valence-electron chi connectivity index (χ0n) is 7.26. The lowest BCUT2D eigenvalue weighted by atomic mass is 10.7. The Balaban J connectivity index is 3.04. The Morgan fingerprint density at radius 1 is 1.09 bits per heavy atom. The van der Waals surface area contributed by atoms with Crippen LogP contribution in [0.2, 0.25) is 0 Å². The van der Waals surface area contributed by atoms with Crippen LogP contribution in [0.4, 0.5) is 0 Å². The molecule has 66 valence electrons. The van der Waals surface area contributed by atoms with E-state index in [-0.39, 0.29) is 0 Å². The third kappa shape index (κ3) is 7.19. The minimum Gasteiger partial charge on any atom is -0.466 e. The fraction of sp³-hybridized carbons (Fsp3) is 0.750. The first-order valence-electron chi connectivity index (χ1n) is 3.83. The summed E-state index contributed by atoms with van der Waals surface area (Å²) in [7, 11) is 0. The number of hydrogen-bond acceptors (Lipinski definition) is 3. The average Bonchev–Trinajstić information content (AvgIpc) is 1.99. The number of ether oxygens (including phenoxy) is 3. The molecule has 0 unspecified atom stereocenters. The molecular weight excluding hydrogens is 144 g/mol. The van der Waals surface area contributed by atoms with Gasteiger partial charge in [-0.3, -0.25) is 0 Å². The van der Waals surface area contributed by atoms with E-state index in [2.05, 4.69) is 6.58 Å². The molecule has 3 nitrogen and oxygen atoms in total. The fourth-order valence-corrected chi connectivity index (χ4v) is 0.561. The van der Waals surface area contributed by atoms with E-state index < -0.39 is 0 Å². The summed E-state index contributed by atoms with van der Waals surface area (Å²) in [6, 6.07) is 0. The third-order valence-corrected chi connectivity index (χ3v) is 1.00. The van der Waals surface area contributed by atoms with Gasteiger partial charge in [0.25, 0.3) is 5.95 Å². The van der Waals surface area contributed by atoms with Gasteiger partial charge in [-0.2, -0.15) is 0 Å². The second-order valence-electron chi connectivity index (χ2n) is 1.85. The standard InChI is InChI=1S/C8H16O3/c1-4-9-6-7-11-8(3)10-5-2/h3-7H2,1-2H3. The molecule has 0 aliphatic carbocycles. The van der Waals surface area contributed by atoms with E-state index in [9.17, 15) is 0 Å². The van der Waals surface area contributed by atoms with Gasteiger partial charge in [0.2, 0.25) is 0 Å². The van der Waals surface area contributed by atoms with Gasteiger partial charge >= 0.3 is 0 Å². The second-order valence-corrected chi connectivity index (χ2v) is 1.85. The van der Waals surface area contributed by atoms with Crippen LogP contribution in [0.25, 0.3) is 0 Å². The van der Waals surface area contributed by atoms with E-state index in [0.717, 1.165) is 0 Å². The summed E-state index contributed by atoms with van der Waals surface area (Å²) in [5.74, 6) is 0.368. The lowest BCUT2D eigenvalue weighted by Crippen LogP contribution is -2.04. The van der Waals surface area contributed by atoms with Gasteiger partial charge in [-0.15, -0.1) is 0 Å². The van der Waals surface area contributed by atoms with Crippen molar-refractivity contribution in [3.05, 3.63) is 12.5 Å². The van der Waals surface area contributed by atoms with Crippen molar-refractivity contribution in [2.45, 2.75) is 13.8 Å². The van der Waals surface area contributed by atoms with Gasteiger partial charge in [0.15, 0.2) is 0 Å². The minimum absolute atomic E-state index is 0.368. The van der Waals surface area contributed by atoms with Crippen molar-refractivity contribution in [1.82, 2.24) is 0 Å². The molecule has 0 aliphatic rings. The molecule has 0 spiro atoms. The highest BCUT2D eigenvalue weighted by Crippen LogP contribution is 1.94. The SMILES string of the molecule is C=C(OCC)OCCOCC. The summed E-state index contributed by atoms with van der Waals surface area (Å²) >= 11 is 0. The van der Waals surface area contributed by atoms with Crippen LogP contribution in [0.3, 0.4) is 0 Å². The summed E-state index contributed by atoms with van der Waals surface area (Å²) in [5, 5.41) is 0. The Kier molecular flexibility index (Phi) is 6.94. The van der Waals surface area contributed by atoms with Crippen molar-refractivity contribution in [2.75, 3.05) is 26.4 Å². The van der Waals surface area contributed by atoms with Crippen LogP contribution < -0.4 is 0 Å². The van der Waals surface area contributed by atoms with E-state index in [1.54, 1.807) is 0 Å². The third-order valence-electron chi connectivity index (χ3n) is 1.00. The summed E-state index contributed by atoms with van der Waals surface area (Å²) in [4.78, 5) is 0. The largest absolute Gasteiger partial charge is 0.466 e. The van der Waals surface area contributed by atoms with E-state index in [1.807, 2.05) is 13.8 Å². The van der Waals surface area contributed by atoms with Crippen molar-refractivity contribution >= 4 is 0 Å². The van der Waals surface area contributed by atoms with Crippen LogP contribution in [-0.2, 0) is 14.2 Å². The summed E-state index contributed by atoms with van der Waals surface area (Å²) < 4.78 is 15.0. The van der Waals surface area contributed by atoms with Crippen molar-refractivity contribution < 1.29 is 14.2 Å². The van der Waals surface area contributed by atoms with Gasteiger partial charge in [0.05, 0.1) is 13.2 Å². The maximum Gasteiger partial charge on any atom is 0.271 e. The average molecular weight is 160 g/mol. The molecule has 0 atom stereocenters. The Morgan fingerprint density at radius 2 is 1.82 bits per heavy atom. The first-order valence-corrected chi connectivity index (χ1v) is 3.83. The highest BCUT2D eigenvalue weighted by molar-refractivity contribution is 4.66. The van der Waals surface area contributed by atoms with Crippen LogP contribution in [0.5, 0.6) is 0 Å². The van der Waals surface area contributed by atoms with Crippen molar-refractivity contribution in [1.29, 1.82) is 0 Å². The first kappa shape index (κ1) is 10.3. The predicted octanol–water partition coefficient (Wildman–Crippen LogP) is 1.55. The maximum atomic E-state index is 5.04. The molecule has 3 heteroatoms. The smallest absolute Gasteiger partial charge is 0.271 e. The van der Waals surface area contributed by atoms with Crippen molar-refractivity contribution in [3.8, 4) is 0 Å². The minimum atomic E-state index is 0.368. The van der Waals surface area contributed by atoms with E-state index in [0.29, 0.717) is 32.4 Å². The van der Waals surface area contributed by atoms with Gasteiger partial charge in [-0.25, -0.2) is 0 Å². The van der Waals surface area contributed by atoms with E-state index in [4.69, 9.17) is 14.2 Å². The normalized spacial score (nSPS) is 9.27. The zero-order chi connectivity index (χ0) is 8.53. The van der Waals surface area contributed by atoms with E-state index in [1.165, 1.54) is 0 Å². The summed E-state index contributed by atoms with van der Waals surface area (Å²) in [6.45, 7) is 9.77. The van der Waals surface area contributed by atoms with Crippen LogP contribution in [0.15, 0.2) is 12.5 Å². The molecule has 0 radical (unpaired) electrons. The maximum absolute atomic E-state index is 5.04. The van der Waals surface area contributed by atoms with Gasteiger partial charge in [-0.05, 0) is 20.4 Å². The number of rotatable bonds is 7. The molecule has 0 saturated heterocycles. The lowest BCUT2D eigenvalue weighted by molar-refractivity contribution is 0.0111. The Morgan fingerprint density at radius 3 is 2.36 bits per heavy atom. The quantitative estimate of drug-likeness (QED) is 0.417. The van der Waals surface area contributed by atoms with Crippen LogP contribution in [-0.4, -0.2) is 26.4 Å². The summed E-state index contributed by atoms with van der Waals surface area (Å²) in [5.41, 5.74) is 0. The molecule has 0 aromatic rings. The molecular formula is C8H16O3. The van der Waals surface area contributed by atoms with Crippen molar-refractivity contribution in [2.24, 2.45) is 0 Å². The Bertz CT molecular complexity index is 102. The molecule has 0 N–H and O–H groups in total. The highest BCUT2D eigenvalue weighted by atomic mass is 16.7. The molecule has 0 saturated carbocycles. The molecule has 0 aliphatic heterocycles. The first-order chi connectivity index (χ1) is 5.31. The predicted molar refractivity (Wildman–Crippen MR) is 43.2 cm³/mol. The fourth-order valence-electron chi connectivity index (χ4n) is 0.561. The molecule has 0 aromatic carbocycles. The second kappa shape index (κ2) is 7.41.